The zero-order valence-electron chi connectivity index (χ0n) is 7.92. The Balaban J connectivity index is 2.21. The number of hydrogen-bond acceptors (Lipinski definition) is 2. The van der Waals surface area contributed by atoms with Gasteiger partial charge in [-0.05, 0) is 25.3 Å². The summed E-state index contributed by atoms with van der Waals surface area (Å²) in [6.07, 6.45) is 5.55. The van der Waals surface area contributed by atoms with E-state index in [-0.39, 0.29) is 0 Å². The maximum atomic E-state index is 8.55. The van der Waals surface area contributed by atoms with Crippen molar-refractivity contribution in [3.8, 4) is 6.07 Å². The molecular formula is C10H18N2. The van der Waals surface area contributed by atoms with E-state index in [1.165, 1.54) is 25.7 Å². The molecule has 0 aromatic rings. The summed E-state index contributed by atoms with van der Waals surface area (Å²) in [7, 11) is 0. The monoisotopic (exact) mass is 166 g/mol. The van der Waals surface area contributed by atoms with Gasteiger partial charge in [-0.3, -0.25) is 4.90 Å². The molecule has 1 saturated carbocycles. The normalized spacial score (nSPS) is 18.4. The molecule has 1 fully saturated rings. The van der Waals surface area contributed by atoms with E-state index < -0.39 is 0 Å². The Morgan fingerprint density at radius 2 is 2.08 bits per heavy atom. The molecular weight excluding hydrogens is 148 g/mol. The van der Waals surface area contributed by atoms with E-state index in [1.807, 2.05) is 0 Å². The Kier molecular flexibility index (Phi) is 4.10. The van der Waals surface area contributed by atoms with Crippen LogP contribution in [0, 0.1) is 17.2 Å². The summed E-state index contributed by atoms with van der Waals surface area (Å²) >= 11 is 0. The molecule has 1 rings (SSSR count). The van der Waals surface area contributed by atoms with Crippen LogP contribution in [-0.4, -0.2) is 24.5 Å². The highest BCUT2D eigenvalue weighted by atomic mass is 15.1. The predicted molar refractivity (Wildman–Crippen MR) is 49.7 cm³/mol. The van der Waals surface area contributed by atoms with Crippen LogP contribution in [0.25, 0.3) is 0 Å². The van der Waals surface area contributed by atoms with Gasteiger partial charge in [0.15, 0.2) is 0 Å². The highest BCUT2D eigenvalue weighted by Crippen LogP contribution is 2.25. The highest BCUT2D eigenvalue weighted by Gasteiger charge is 2.17. The Morgan fingerprint density at radius 3 is 2.58 bits per heavy atom. The molecule has 0 aromatic heterocycles. The van der Waals surface area contributed by atoms with E-state index in [1.54, 1.807) is 0 Å². The zero-order valence-corrected chi connectivity index (χ0v) is 7.92. The lowest BCUT2D eigenvalue weighted by Crippen LogP contribution is -2.28. The molecule has 68 valence electrons. The fourth-order valence-electron chi connectivity index (χ4n) is 1.96. The van der Waals surface area contributed by atoms with Crippen molar-refractivity contribution in [2.45, 2.75) is 32.6 Å². The van der Waals surface area contributed by atoms with E-state index in [0.29, 0.717) is 6.54 Å². The summed E-state index contributed by atoms with van der Waals surface area (Å²) in [4.78, 5) is 2.25. The average molecular weight is 166 g/mol. The number of rotatable bonds is 4. The topological polar surface area (TPSA) is 27.0 Å². The van der Waals surface area contributed by atoms with Gasteiger partial charge in [-0.15, -0.1) is 0 Å². The van der Waals surface area contributed by atoms with Crippen LogP contribution in [-0.2, 0) is 0 Å². The summed E-state index contributed by atoms with van der Waals surface area (Å²) in [5, 5.41) is 8.55. The Bertz CT molecular complexity index is 154. The summed E-state index contributed by atoms with van der Waals surface area (Å²) < 4.78 is 0. The third-order valence-corrected chi connectivity index (χ3v) is 2.73. The van der Waals surface area contributed by atoms with Crippen LogP contribution < -0.4 is 0 Å². The molecule has 0 amide bonds. The van der Waals surface area contributed by atoms with Gasteiger partial charge in [0.25, 0.3) is 0 Å². The third-order valence-electron chi connectivity index (χ3n) is 2.73. The largest absolute Gasteiger partial charge is 0.291 e. The minimum absolute atomic E-state index is 0.604. The Hall–Kier alpha value is -0.550. The Morgan fingerprint density at radius 1 is 1.42 bits per heavy atom. The maximum Gasteiger partial charge on any atom is 0.0865 e. The zero-order chi connectivity index (χ0) is 8.81. The van der Waals surface area contributed by atoms with Crippen molar-refractivity contribution < 1.29 is 0 Å². The maximum absolute atomic E-state index is 8.55. The van der Waals surface area contributed by atoms with E-state index in [9.17, 15) is 0 Å². The van der Waals surface area contributed by atoms with Crippen LogP contribution in [0.2, 0.25) is 0 Å². The second-order valence-corrected chi connectivity index (χ2v) is 3.64. The quantitative estimate of drug-likeness (QED) is 0.597. The molecule has 12 heavy (non-hydrogen) atoms. The van der Waals surface area contributed by atoms with Crippen molar-refractivity contribution in [2.75, 3.05) is 19.6 Å². The predicted octanol–water partition coefficient (Wildman–Crippen LogP) is 2.02. The van der Waals surface area contributed by atoms with Gasteiger partial charge < -0.3 is 0 Å². The van der Waals surface area contributed by atoms with Crippen molar-refractivity contribution in [3.63, 3.8) is 0 Å². The molecule has 0 bridgehead atoms. The summed E-state index contributed by atoms with van der Waals surface area (Å²) in [5.41, 5.74) is 0. The number of nitriles is 1. The van der Waals surface area contributed by atoms with E-state index in [2.05, 4.69) is 17.9 Å². The Labute approximate surface area is 75.2 Å². The van der Waals surface area contributed by atoms with Crippen molar-refractivity contribution >= 4 is 0 Å². The van der Waals surface area contributed by atoms with Gasteiger partial charge in [-0.2, -0.15) is 5.26 Å². The van der Waals surface area contributed by atoms with Crippen LogP contribution in [0.5, 0.6) is 0 Å². The molecule has 1 aliphatic carbocycles. The minimum Gasteiger partial charge on any atom is -0.291 e. The summed E-state index contributed by atoms with van der Waals surface area (Å²) in [5.74, 6) is 0.873. The van der Waals surface area contributed by atoms with E-state index in [4.69, 9.17) is 5.26 Å². The molecule has 2 heteroatoms. The fourth-order valence-corrected chi connectivity index (χ4v) is 1.96. The first-order valence-electron chi connectivity index (χ1n) is 4.96. The van der Waals surface area contributed by atoms with Crippen molar-refractivity contribution in [1.29, 1.82) is 5.26 Å². The molecule has 0 N–H and O–H groups in total. The third kappa shape index (κ3) is 2.83. The first-order valence-corrected chi connectivity index (χ1v) is 4.96. The van der Waals surface area contributed by atoms with Gasteiger partial charge >= 0.3 is 0 Å². The molecule has 0 saturated heterocycles. The smallest absolute Gasteiger partial charge is 0.0865 e. The molecule has 0 aliphatic heterocycles. The van der Waals surface area contributed by atoms with Crippen LogP contribution in [0.1, 0.15) is 32.6 Å². The minimum atomic E-state index is 0.604. The van der Waals surface area contributed by atoms with E-state index in [0.717, 1.165) is 19.0 Å². The molecule has 2 nitrogen and oxygen atoms in total. The van der Waals surface area contributed by atoms with Gasteiger partial charge in [0.05, 0.1) is 12.6 Å². The van der Waals surface area contributed by atoms with E-state index >= 15 is 0 Å². The van der Waals surface area contributed by atoms with Crippen molar-refractivity contribution in [1.82, 2.24) is 4.90 Å². The van der Waals surface area contributed by atoms with Gasteiger partial charge in [0.1, 0.15) is 0 Å². The van der Waals surface area contributed by atoms with Crippen LogP contribution >= 0.6 is 0 Å². The lowest BCUT2D eigenvalue weighted by Gasteiger charge is -2.20. The van der Waals surface area contributed by atoms with Crippen molar-refractivity contribution in [2.24, 2.45) is 5.92 Å². The van der Waals surface area contributed by atoms with Gasteiger partial charge in [-0.1, -0.05) is 19.8 Å². The van der Waals surface area contributed by atoms with Crippen LogP contribution in [0.15, 0.2) is 0 Å². The molecule has 0 aromatic carbocycles. The van der Waals surface area contributed by atoms with Crippen LogP contribution in [0.3, 0.4) is 0 Å². The van der Waals surface area contributed by atoms with Gasteiger partial charge in [-0.25, -0.2) is 0 Å². The number of hydrogen-bond donors (Lipinski definition) is 0. The van der Waals surface area contributed by atoms with Crippen molar-refractivity contribution in [3.05, 3.63) is 0 Å². The second-order valence-electron chi connectivity index (χ2n) is 3.64. The first kappa shape index (κ1) is 9.54. The molecule has 1 aliphatic rings. The molecule has 0 radical (unpaired) electrons. The summed E-state index contributed by atoms with van der Waals surface area (Å²) in [6, 6.07) is 2.22. The first-order chi connectivity index (χ1) is 5.86. The molecule has 0 atom stereocenters. The standard InChI is InChI=1S/C10H18N2/c1-2-12(8-7-11)9-10-5-3-4-6-10/h10H,2-6,8-9H2,1H3. The molecule has 0 spiro atoms. The van der Waals surface area contributed by atoms with Crippen LogP contribution in [0.4, 0.5) is 0 Å². The van der Waals surface area contributed by atoms with Gasteiger partial charge in [0, 0.05) is 6.54 Å². The average Bonchev–Trinajstić information content (AvgIpc) is 2.56. The summed E-state index contributed by atoms with van der Waals surface area (Å²) in [6.45, 7) is 4.90. The SMILES string of the molecule is CCN(CC#N)CC1CCCC1. The fraction of sp³-hybridized carbons (Fsp3) is 0.900. The molecule has 0 heterocycles. The number of nitrogens with zero attached hydrogens (tertiary/aromatic N) is 2. The second kappa shape index (κ2) is 5.16. The lowest BCUT2D eigenvalue weighted by atomic mass is 10.1. The molecule has 0 unspecified atom stereocenters. The highest BCUT2D eigenvalue weighted by molar-refractivity contribution is 4.79. The lowest BCUT2D eigenvalue weighted by molar-refractivity contribution is 0.268. The van der Waals surface area contributed by atoms with Gasteiger partial charge in [0.2, 0.25) is 0 Å².